The number of hydrogen-bond acceptors (Lipinski definition) is 2. The molecule has 2 rings (SSSR count). The van der Waals surface area contributed by atoms with E-state index < -0.39 is 10.0 Å². The van der Waals surface area contributed by atoms with Crippen LogP contribution in [-0.2, 0) is 16.6 Å². The fourth-order valence-electron chi connectivity index (χ4n) is 1.84. The van der Waals surface area contributed by atoms with E-state index in [1.165, 1.54) is 4.31 Å². The Bertz CT molecular complexity index is 696. The van der Waals surface area contributed by atoms with Crippen LogP contribution in [0.1, 0.15) is 11.1 Å². The van der Waals surface area contributed by atoms with Gasteiger partial charge in [-0.25, -0.2) is 8.42 Å². The maximum absolute atomic E-state index is 12.5. The van der Waals surface area contributed by atoms with Crippen molar-refractivity contribution in [2.75, 3.05) is 7.05 Å². The Kier molecular flexibility index (Phi) is 4.62. The Morgan fingerprint density at radius 1 is 1.10 bits per heavy atom. The molecule has 0 N–H and O–H groups in total. The zero-order valence-corrected chi connectivity index (χ0v) is 13.8. The molecule has 0 spiro atoms. The van der Waals surface area contributed by atoms with Gasteiger partial charge >= 0.3 is 0 Å². The van der Waals surface area contributed by atoms with Gasteiger partial charge in [-0.3, -0.25) is 0 Å². The van der Waals surface area contributed by atoms with Gasteiger partial charge in [-0.2, -0.15) is 4.31 Å². The molecule has 0 saturated heterocycles. The Labute approximate surface area is 128 Å². The van der Waals surface area contributed by atoms with E-state index >= 15 is 0 Å². The maximum atomic E-state index is 12.5. The molecule has 20 heavy (non-hydrogen) atoms. The average molecular weight is 354 g/mol. The van der Waals surface area contributed by atoms with Crippen molar-refractivity contribution in [3.63, 3.8) is 0 Å². The number of nitrogens with zero attached hydrogens (tertiary/aromatic N) is 1. The molecule has 0 aliphatic carbocycles. The number of halogens is 1. The van der Waals surface area contributed by atoms with Crippen molar-refractivity contribution >= 4 is 26.0 Å². The highest BCUT2D eigenvalue weighted by molar-refractivity contribution is 9.10. The van der Waals surface area contributed by atoms with Gasteiger partial charge in [0.05, 0.1) is 4.90 Å². The molecule has 0 aliphatic rings. The van der Waals surface area contributed by atoms with Gasteiger partial charge in [0, 0.05) is 18.1 Å². The number of aryl methyl sites for hydroxylation is 1. The molecule has 0 atom stereocenters. The molecule has 0 bridgehead atoms. The minimum absolute atomic E-state index is 0.293. The zero-order valence-electron chi connectivity index (χ0n) is 11.4. The van der Waals surface area contributed by atoms with E-state index in [-0.39, 0.29) is 0 Å². The molecule has 5 heteroatoms. The average Bonchev–Trinajstić information content (AvgIpc) is 2.41. The molecule has 106 valence electrons. The SMILES string of the molecule is Cc1ccc(CN(C)S(=O)(=O)c2cccc(Br)c2)cc1. The van der Waals surface area contributed by atoms with Gasteiger partial charge in [0.25, 0.3) is 0 Å². The van der Waals surface area contributed by atoms with Gasteiger partial charge < -0.3 is 0 Å². The summed E-state index contributed by atoms with van der Waals surface area (Å²) >= 11 is 3.30. The van der Waals surface area contributed by atoms with Crippen molar-refractivity contribution in [3.8, 4) is 0 Å². The van der Waals surface area contributed by atoms with E-state index in [9.17, 15) is 8.42 Å². The zero-order chi connectivity index (χ0) is 14.8. The van der Waals surface area contributed by atoms with Crippen molar-refractivity contribution < 1.29 is 8.42 Å². The molecule has 2 aromatic rings. The van der Waals surface area contributed by atoms with E-state index in [4.69, 9.17) is 0 Å². The van der Waals surface area contributed by atoms with Crippen molar-refractivity contribution in [2.45, 2.75) is 18.4 Å². The second kappa shape index (κ2) is 6.08. The molecular formula is C15H16BrNO2S. The molecule has 2 aromatic carbocycles. The highest BCUT2D eigenvalue weighted by Gasteiger charge is 2.20. The smallest absolute Gasteiger partial charge is 0.207 e. The number of hydrogen-bond donors (Lipinski definition) is 0. The summed E-state index contributed by atoms with van der Waals surface area (Å²) in [5, 5.41) is 0. The minimum atomic E-state index is -3.47. The van der Waals surface area contributed by atoms with Gasteiger partial charge in [0.1, 0.15) is 0 Å². The summed E-state index contributed by atoms with van der Waals surface area (Å²) < 4.78 is 27.0. The van der Waals surface area contributed by atoms with E-state index in [1.54, 1.807) is 31.3 Å². The molecular weight excluding hydrogens is 338 g/mol. The normalized spacial score (nSPS) is 11.8. The largest absolute Gasteiger partial charge is 0.243 e. The molecule has 0 radical (unpaired) electrons. The van der Waals surface area contributed by atoms with Crippen LogP contribution in [0.5, 0.6) is 0 Å². The van der Waals surface area contributed by atoms with Gasteiger partial charge in [-0.15, -0.1) is 0 Å². The van der Waals surface area contributed by atoms with E-state index in [1.807, 2.05) is 31.2 Å². The summed E-state index contributed by atoms with van der Waals surface area (Å²) in [4.78, 5) is 0.293. The molecule has 0 aromatic heterocycles. The number of rotatable bonds is 4. The molecule has 3 nitrogen and oxygen atoms in total. The lowest BCUT2D eigenvalue weighted by atomic mass is 10.1. The first kappa shape index (κ1) is 15.2. The Balaban J connectivity index is 2.23. The lowest BCUT2D eigenvalue weighted by Gasteiger charge is -2.17. The van der Waals surface area contributed by atoms with Crippen LogP contribution >= 0.6 is 15.9 Å². The van der Waals surface area contributed by atoms with Crippen molar-refractivity contribution in [1.29, 1.82) is 0 Å². The van der Waals surface area contributed by atoms with Crippen LogP contribution in [0.4, 0.5) is 0 Å². The summed E-state index contributed by atoms with van der Waals surface area (Å²) in [6, 6.07) is 14.6. The fraction of sp³-hybridized carbons (Fsp3) is 0.200. The third-order valence-corrected chi connectivity index (χ3v) is 5.32. The predicted octanol–water partition coefficient (Wildman–Crippen LogP) is 3.58. The summed E-state index contributed by atoms with van der Waals surface area (Å²) in [5.74, 6) is 0. The monoisotopic (exact) mass is 353 g/mol. The quantitative estimate of drug-likeness (QED) is 0.842. The summed E-state index contributed by atoms with van der Waals surface area (Å²) in [7, 11) is -1.87. The van der Waals surface area contributed by atoms with Crippen molar-refractivity contribution in [1.82, 2.24) is 4.31 Å². The van der Waals surface area contributed by atoms with Gasteiger partial charge in [0.2, 0.25) is 10.0 Å². The molecule has 0 saturated carbocycles. The maximum Gasteiger partial charge on any atom is 0.243 e. The standard InChI is InChI=1S/C15H16BrNO2S/c1-12-6-8-13(9-7-12)11-17(2)20(18,19)15-5-3-4-14(16)10-15/h3-10H,11H2,1-2H3. The van der Waals surface area contributed by atoms with Crippen LogP contribution in [0, 0.1) is 6.92 Å². The minimum Gasteiger partial charge on any atom is -0.207 e. The molecule has 0 amide bonds. The Hall–Kier alpha value is -1.17. The second-order valence-corrected chi connectivity index (χ2v) is 7.66. The number of sulfonamides is 1. The van der Waals surface area contributed by atoms with Crippen LogP contribution in [0.15, 0.2) is 57.9 Å². The lowest BCUT2D eigenvalue weighted by molar-refractivity contribution is 0.466. The molecule has 0 aliphatic heterocycles. The van der Waals surface area contributed by atoms with E-state index in [2.05, 4.69) is 15.9 Å². The Morgan fingerprint density at radius 3 is 2.35 bits per heavy atom. The third-order valence-electron chi connectivity index (χ3n) is 3.03. The topological polar surface area (TPSA) is 37.4 Å². The van der Waals surface area contributed by atoms with E-state index in [0.29, 0.717) is 11.4 Å². The fourth-order valence-corrected chi connectivity index (χ4v) is 3.60. The molecule has 0 unspecified atom stereocenters. The second-order valence-electron chi connectivity index (χ2n) is 4.70. The van der Waals surface area contributed by atoms with Crippen molar-refractivity contribution in [3.05, 3.63) is 64.1 Å². The lowest BCUT2D eigenvalue weighted by Crippen LogP contribution is -2.26. The number of benzene rings is 2. The predicted molar refractivity (Wildman–Crippen MR) is 84.0 cm³/mol. The first-order valence-corrected chi connectivity index (χ1v) is 8.40. The first-order chi connectivity index (χ1) is 9.39. The third kappa shape index (κ3) is 3.48. The van der Waals surface area contributed by atoms with Crippen molar-refractivity contribution in [2.24, 2.45) is 0 Å². The van der Waals surface area contributed by atoms with Gasteiger partial charge in [0.15, 0.2) is 0 Å². The summed E-state index contributed by atoms with van der Waals surface area (Å²) in [6.45, 7) is 2.36. The van der Waals surface area contributed by atoms with Crippen LogP contribution < -0.4 is 0 Å². The highest BCUT2D eigenvalue weighted by Crippen LogP contribution is 2.20. The Morgan fingerprint density at radius 2 is 1.75 bits per heavy atom. The summed E-state index contributed by atoms with van der Waals surface area (Å²) in [6.07, 6.45) is 0. The van der Waals surface area contributed by atoms with E-state index in [0.717, 1.165) is 15.6 Å². The highest BCUT2D eigenvalue weighted by atomic mass is 79.9. The van der Waals surface area contributed by atoms with Crippen LogP contribution in [0.2, 0.25) is 0 Å². The molecule has 0 heterocycles. The van der Waals surface area contributed by atoms with Crippen LogP contribution in [0.25, 0.3) is 0 Å². The summed E-state index contributed by atoms with van der Waals surface area (Å²) in [5.41, 5.74) is 2.13. The first-order valence-electron chi connectivity index (χ1n) is 6.17. The van der Waals surface area contributed by atoms with Crippen LogP contribution in [0.3, 0.4) is 0 Å². The van der Waals surface area contributed by atoms with Gasteiger partial charge in [-0.05, 0) is 30.7 Å². The van der Waals surface area contributed by atoms with Gasteiger partial charge in [-0.1, -0.05) is 51.8 Å². The molecule has 0 fully saturated rings. The van der Waals surface area contributed by atoms with Crippen LogP contribution in [-0.4, -0.2) is 19.8 Å².